The van der Waals surface area contributed by atoms with Crippen LogP contribution in [0, 0.1) is 6.92 Å². The molecule has 2 aromatic rings. The standard InChI is InChI=1S/C18H22N2O3S/c1-12-11-24-17(19-12)14-5-4-8-20(10-14)18(21)13-6-7-15(22-2)16(9-13)23-3/h6-7,9,11,14H,4-5,8,10H2,1-3H3/t14-/m0/s1. The molecule has 1 aromatic heterocycles. The summed E-state index contributed by atoms with van der Waals surface area (Å²) in [7, 11) is 3.17. The first-order valence-electron chi connectivity index (χ1n) is 8.05. The Morgan fingerprint density at radius 1 is 1.29 bits per heavy atom. The lowest BCUT2D eigenvalue weighted by atomic mass is 9.98. The second-order valence-corrected chi connectivity index (χ2v) is 6.88. The summed E-state index contributed by atoms with van der Waals surface area (Å²) in [5, 5.41) is 3.21. The van der Waals surface area contributed by atoms with Crippen molar-refractivity contribution in [3.63, 3.8) is 0 Å². The molecule has 1 aliphatic rings. The predicted molar refractivity (Wildman–Crippen MR) is 94.3 cm³/mol. The maximum atomic E-state index is 12.9. The molecule has 1 atom stereocenters. The Hall–Kier alpha value is -2.08. The molecule has 0 unspecified atom stereocenters. The highest BCUT2D eigenvalue weighted by molar-refractivity contribution is 7.09. The number of ether oxygens (including phenoxy) is 2. The van der Waals surface area contributed by atoms with Crippen LogP contribution in [0.15, 0.2) is 23.6 Å². The average Bonchev–Trinajstić information content (AvgIpc) is 3.07. The Morgan fingerprint density at radius 2 is 2.08 bits per heavy atom. The highest BCUT2D eigenvalue weighted by Gasteiger charge is 2.27. The minimum atomic E-state index is 0.0360. The second-order valence-electron chi connectivity index (χ2n) is 5.99. The lowest BCUT2D eigenvalue weighted by Crippen LogP contribution is -2.39. The van der Waals surface area contributed by atoms with Gasteiger partial charge in [-0.2, -0.15) is 0 Å². The molecule has 2 heterocycles. The average molecular weight is 346 g/mol. The number of piperidine rings is 1. The van der Waals surface area contributed by atoms with Crippen molar-refractivity contribution in [2.24, 2.45) is 0 Å². The summed E-state index contributed by atoms with van der Waals surface area (Å²) in [6.45, 7) is 3.52. The van der Waals surface area contributed by atoms with E-state index in [1.807, 2.05) is 11.8 Å². The number of methoxy groups -OCH3 is 2. The zero-order valence-electron chi connectivity index (χ0n) is 14.2. The van der Waals surface area contributed by atoms with Crippen molar-refractivity contribution in [2.75, 3.05) is 27.3 Å². The normalized spacial score (nSPS) is 17.6. The fraction of sp³-hybridized carbons (Fsp3) is 0.444. The molecule has 0 radical (unpaired) electrons. The zero-order chi connectivity index (χ0) is 17.1. The summed E-state index contributed by atoms with van der Waals surface area (Å²) in [5.74, 6) is 1.58. The number of rotatable bonds is 4. The third kappa shape index (κ3) is 3.38. The lowest BCUT2D eigenvalue weighted by molar-refractivity contribution is 0.0706. The molecule has 5 nitrogen and oxygen atoms in total. The maximum Gasteiger partial charge on any atom is 0.254 e. The maximum absolute atomic E-state index is 12.9. The van der Waals surface area contributed by atoms with Crippen molar-refractivity contribution in [2.45, 2.75) is 25.7 Å². The molecule has 0 saturated carbocycles. The quantitative estimate of drug-likeness (QED) is 0.850. The van der Waals surface area contributed by atoms with Gasteiger partial charge in [-0.05, 0) is 38.0 Å². The van der Waals surface area contributed by atoms with Crippen molar-refractivity contribution >= 4 is 17.2 Å². The highest BCUT2D eigenvalue weighted by atomic mass is 32.1. The van der Waals surface area contributed by atoms with E-state index < -0.39 is 0 Å². The van der Waals surface area contributed by atoms with E-state index in [2.05, 4.69) is 10.4 Å². The first-order chi connectivity index (χ1) is 11.6. The molecule has 1 aromatic carbocycles. The molecular formula is C18H22N2O3S. The van der Waals surface area contributed by atoms with Gasteiger partial charge in [0.2, 0.25) is 0 Å². The summed E-state index contributed by atoms with van der Waals surface area (Å²) < 4.78 is 10.5. The van der Waals surface area contributed by atoms with Crippen LogP contribution in [0.3, 0.4) is 0 Å². The Balaban J connectivity index is 1.77. The number of aromatic nitrogens is 1. The van der Waals surface area contributed by atoms with Gasteiger partial charge in [0.15, 0.2) is 11.5 Å². The molecule has 24 heavy (non-hydrogen) atoms. The van der Waals surface area contributed by atoms with Crippen LogP contribution in [-0.4, -0.2) is 43.1 Å². The van der Waals surface area contributed by atoms with Crippen LogP contribution in [0.2, 0.25) is 0 Å². The number of carbonyl (C=O) groups is 1. The van der Waals surface area contributed by atoms with E-state index in [1.54, 1.807) is 43.8 Å². The summed E-state index contributed by atoms with van der Waals surface area (Å²) in [4.78, 5) is 19.4. The van der Waals surface area contributed by atoms with Crippen LogP contribution in [0.1, 0.15) is 39.8 Å². The number of aryl methyl sites for hydroxylation is 1. The van der Waals surface area contributed by atoms with Gasteiger partial charge < -0.3 is 14.4 Å². The van der Waals surface area contributed by atoms with Crippen molar-refractivity contribution in [3.8, 4) is 11.5 Å². The molecule has 0 bridgehead atoms. The van der Waals surface area contributed by atoms with E-state index in [-0.39, 0.29) is 5.91 Å². The van der Waals surface area contributed by atoms with Gasteiger partial charge in [0.1, 0.15) is 0 Å². The number of carbonyl (C=O) groups excluding carboxylic acids is 1. The summed E-state index contributed by atoms with van der Waals surface area (Å²) in [6.07, 6.45) is 2.09. The van der Waals surface area contributed by atoms with Crippen molar-refractivity contribution < 1.29 is 14.3 Å². The monoisotopic (exact) mass is 346 g/mol. The minimum Gasteiger partial charge on any atom is -0.493 e. The fourth-order valence-corrected chi connectivity index (χ4v) is 4.00. The van der Waals surface area contributed by atoms with Crippen LogP contribution in [0.4, 0.5) is 0 Å². The molecule has 0 aliphatic carbocycles. The number of hydrogen-bond acceptors (Lipinski definition) is 5. The summed E-state index contributed by atoms with van der Waals surface area (Å²) in [5.41, 5.74) is 1.68. The van der Waals surface area contributed by atoms with Crippen LogP contribution >= 0.6 is 11.3 Å². The minimum absolute atomic E-state index is 0.0360. The lowest BCUT2D eigenvalue weighted by Gasteiger charge is -2.32. The molecule has 1 aliphatic heterocycles. The number of benzene rings is 1. The smallest absolute Gasteiger partial charge is 0.254 e. The van der Waals surface area contributed by atoms with Gasteiger partial charge in [0, 0.05) is 35.6 Å². The molecule has 3 rings (SSSR count). The third-order valence-corrected chi connectivity index (χ3v) is 5.45. The molecule has 1 amide bonds. The first kappa shape index (κ1) is 16.8. The van der Waals surface area contributed by atoms with Gasteiger partial charge in [-0.3, -0.25) is 4.79 Å². The SMILES string of the molecule is COc1ccc(C(=O)N2CCC[C@H](c3nc(C)cs3)C2)cc1OC. The summed E-state index contributed by atoms with van der Waals surface area (Å²) >= 11 is 1.69. The first-order valence-corrected chi connectivity index (χ1v) is 8.93. The number of hydrogen-bond donors (Lipinski definition) is 0. The van der Waals surface area contributed by atoms with Gasteiger partial charge in [-0.15, -0.1) is 11.3 Å². The van der Waals surface area contributed by atoms with Gasteiger partial charge in [0.25, 0.3) is 5.91 Å². The number of thiazole rings is 1. The van der Waals surface area contributed by atoms with Gasteiger partial charge in [-0.1, -0.05) is 0 Å². The molecule has 1 fully saturated rings. The Bertz CT molecular complexity index is 729. The van der Waals surface area contributed by atoms with Crippen molar-refractivity contribution in [1.82, 2.24) is 9.88 Å². The zero-order valence-corrected chi connectivity index (χ0v) is 15.1. The Morgan fingerprint density at radius 3 is 2.75 bits per heavy atom. The van der Waals surface area contributed by atoms with Crippen molar-refractivity contribution in [3.05, 3.63) is 39.8 Å². The van der Waals surface area contributed by atoms with Crippen LogP contribution in [-0.2, 0) is 0 Å². The molecule has 0 spiro atoms. The fourth-order valence-electron chi connectivity index (χ4n) is 3.07. The second kappa shape index (κ2) is 7.21. The molecule has 0 N–H and O–H groups in total. The van der Waals surface area contributed by atoms with Crippen molar-refractivity contribution in [1.29, 1.82) is 0 Å². The van der Waals surface area contributed by atoms with Crippen LogP contribution in [0.5, 0.6) is 11.5 Å². The van der Waals surface area contributed by atoms with E-state index >= 15 is 0 Å². The van der Waals surface area contributed by atoms with Gasteiger partial charge >= 0.3 is 0 Å². The number of amides is 1. The Kier molecular flexibility index (Phi) is 5.04. The van der Waals surface area contributed by atoms with E-state index in [4.69, 9.17) is 9.47 Å². The topological polar surface area (TPSA) is 51.7 Å². The number of likely N-dealkylation sites (tertiary alicyclic amines) is 1. The molecule has 6 heteroatoms. The summed E-state index contributed by atoms with van der Waals surface area (Å²) in [6, 6.07) is 5.32. The van der Waals surface area contributed by atoms with Gasteiger partial charge in [-0.25, -0.2) is 4.98 Å². The molecule has 1 saturated heterocycles. The van der Waals surface area contributed by atoms with E-state index in [0.717, 1.165) is 36.6 Å². The predicted octanol–water partition coefficient (Wildman–Crippen LogP) is 3.49. The van der Waals surface area contributed by atoms with E-state index in [0.29, 0.717) is 23.0 Å². The third-order valence-electron chi connectivity index (χ3n) is 4.33. The Labute approximate surface area is 146 Å². The molecule has 128 valence electrons. The highest BCUT2D eigenvalue weighted by Crippen LogP contribution is 2.31. The largest absolute Gasteiger partial charge is 0.493 e. The van der Waals surface area contributed by atoms with Crippen LogP contribution in [0.25, 0.3) is 0 Å². The number of nitrogens with zero attached hydrogens (tertiary/aromatic N) is 2. The van der Waals surface area contributed by atoms with E-state index in [9.17, 15) is 4.79 Å². The van der Waals surface area contributed by atoms with Crippen LogP contribution < -0.4 is 9.47 Å². The van der Waals surface area contributed by atoms with E-state index in [1.165, 1.54) is 0 Å². The van der Waals surface area contributed by atoms with Gasteiger partial charge in [0.05, 0.1) is 19.2 Å². The molecular weight excluding hydrogens is 324 g/mol.